The molecular weight excluding hydrogens is 268 g/mol. The summed E-state index contributed by atoms with van der Waals surface area (Å²) in [5, 5.41) is 15.9. The number of rotatable bonds is 3. The Morgan fingerprint density at radius 2 is 1.90 bits per heavy atom. The highest BCUT2D eigenvalue weighted by Gasteiger charge is 2.31. The van der Waals surface area contributed by atoms with Gasteiger partial charge in [-0.1, -0.05) is 0 Å². The van der Waals surface area contributed by atoms with Crippen LogP contribution in [0.1, 0.15) is 5.69 Å². The predicted molar refractivity (Wildman–Crippen MR) is 68.3 cm³/mol. The molecule has 0 unspecified atom stereocenters. The van der Waals surface area contributed by atoms with Crippen LogP contribution >= 0.6 is 0 Å². The van der Waals surface area contributed by atoms with E-state index in [9.17, 15) is 19.7 Å². The number of carbonyl (C=O) groups is 2. The van der Waals surface area contributed by atoms with Crippen molar-refractivity contribution in [1.82, 2.24) is 15.3 Å². The van der Waals surface area contributed by atoms with Crippen LogP contribution in [0.15, 0.2) is 0 Å². The molecule has 2 rings (SSSR count). The molecule has 1 aromatic heterocycles. The number of amides is 2. The maximum atomic E-state index is 11.4. The molecule has 0 saturated carbocycles. The summed E-state index contributed by atoms with van der Waals surface area (Å²) >= 11 is 0. The molecule has 20 heavy (non-hydrogen) atoms. The van der Waals surface area contributed by atoms with Crippen molar-refractivity contribution in [3.63, 3.8) is 0 Å². The number of aromatic nitrogens is 2. The summed E-state index contributed by atoms with van der Waals surface area (Å²) in [6.45, 7) is 1.12. The summed E-state index contributed by atoms with van der Waals surface area (Å²) in [6.07, 6.45) is 0. The van der Waals surface area contributed by atoms with Crippen molar-refractivity contribution in [2.24, 2.45) is 0 Å². The lowest BCUT2D eigenvalue weighted by molar-refractivity contribution is -0.385. The highest BCUT2D eigenvalue weighted by atomic mass is 16.6. The number of imide groups is 1. The minimum atomic E-state index is -0.624. The van der Waals surface area contributed by atoms with E-state index in [-0.39, 0.29) is 36.2 Å². The van der Waals surface area contributed by atoms with Crippen LogP contribution in [0.25, 0.3) is 0 Å². The molecule has 0 radical (unpaired) electrons. The van der Waals surface area contributed by atoms with Gasteiger partial charge in [-0.25, -0.2) is 4.98 Å². The first kappa shape index (κ1) is 13.6. The third-order valence-corrected chi connectivity index (χ3v) is 2.69. The van der Waals surface area contributed by atoms with Crippen molar-refractivity contribution in [2.75, 3.05) is 30.4 Å². The molecule has 0 bridgehead atoms. The van der Waals surface area contributed by atoms with E-state index in [4.69, 9.17) is 0 Å². The van der Waals surface area contributed by atoms with Crippen LogP contribution in [-0.2, 0) is 9.59 Å². The summed E-state index contributed by atoms with van der Waals surface area (Å²) in [5.41, 5.74) is -0.158. The molecule has 2 N–H and O–H groups in total. The third-order valence-electron chi connectivity index (χ3n) is 2.69. The zero-order valence-electron chi connectivity index (χ0n) is 10.8. The molecule has 1 aliphatic rings. The van der Waals surface area contributed by atoms with E-state index in [1.165, 1.54) is 11.8 Å². The Kier molecular flexibility index (Phi) is 3.46. The zero-order chi connectivity index (χ0) is 14.9. The smallest absolute Gasteiger partial charge is 0.332 e. The standard InChI is InChI=1S/C10H12N6O4/c1-5-8(16(19)20)9(14-10(11-2)12-5)15-3-6(17)13-7(18)4-15/h3-4H2,1-2H3,(H,11,12,14)(H,13,17,18). The number of piperazine rings is 1. The monoisotopic (exact) mass is 280 g/mol. The fraction of sp³-hybridized carbons (Fsp3) is 0.400. The van der Waals surface area contributed by atoms with Gasteiger partial charge in [0.05, 0.1) is 18.0 Å². The molecule has 0 atom stereocenters. The van der Waals surface area contributed by atoms with Crippen LogP contribution < -0.4 is 15.5 Å². The number of anilines is 2. The van der Waals surface area contributed by atoms with Gasteiger partial charge in [0, 0.05) is 7.05 Å². The predicted octanol–water partition coefficient (Wildman–Crippen LogP) is -0.802. The van der Waals surface area contributed by atoms with Gasteiger partial charge in [-0.15, -0.1) is 0 Å². The van der Waals surface area contributed by atoms with E-state index in [0.29, 0.717) is 0 Å². The Bertz CT molecular complexity index is 586. The molecule has 2 amide bonds. The minimum absolute atomic E-state index is 0.0462. The lowest BCUT2D eigenvalue weighted by atomic mass is 10.3. The Morgan fingerprint density at radius 3 is 2.40 bits per heavy atom. The van der Waals surface area contributed by atoms with E-state index in [1.54, 1.807) is 7.05 Å². The third kappa shape index (κ3) is 2.48. The molecule has 2 heterocycles. The zero-order valence-corrected chi connectivity index (χ0v) is 10.8. The van der Waals surface area contributed by atoms with Crippen molar-refractivity contribution in [3.05, 3.63) is 15.8 Å². The van der Waals surface area contributed by atoms with Crippen LogP contribution in [0.4, 0.5) is 17.5 Å². The summed E-state index contributed by atoms with van der Waals surface area (Å²) in [4.78, 5) is 42.5. The molecule has 1 aromatic rings. The van der Waals surface area contributed by atoms with Gasteiger partial charge in [-0.2, -0.15) is 4.98 Å². The van der Waals surface area contributed by atoms with E-state index >= 15 is 0 Å². The van der Waals surface area contributed by atoms with Crippen LogP contribution in [0.2, 0.25) is 0 Å². The molecule has 106 valence electrons. The lowest BCUT2D eigenvalue weighted by Gasteiger charge is -2.26. The van der Waals surface area contributed by atoms with E-state index < -0.39 is 16.7 Å². The number of carbonyl (C=O) groups excluding carboxylic acids is 2. The van der Waals surface area contributed by atoms with Crippen molar-refractivity contribution in [1.29, 1.82) is 0 Å². The van der Waals surface area contributed by atoms with Gasteiger partial charge in [-0.05, 0) is 6.92 Å². The van der Waals surface area contributed by atoms with Crippen LogP contribution in [-0.4, -0.2) is 46.8 Å². The maximum absolute atomic E-state index is 11.4. The molecule has 0 spiro atoms. The van der Waals surface area contributed by atoms with Crippen LogP contribution in [0, 0.1) is 17.0 Å². The number of nitro groups is 1. The SMILES string of the molecule is CNc1nc(C)c([N+](=O)[O-])c(N2CC(=O)NC(=O)C2)n1. The Balaban J connectivity index is 2.53. The van der Waals surface area contributed by atoms with Crippen molar-refractivity contribution >= 4 is 29.3 Å². The fourth-order valence-electron chi connectivity index (χ4n) is 1.88. The van der Waals surface area contributed by atoms with E-state index in [2.05, 4.69) is 20.6 Å². The molecule has 10 heteroatoms. The molecule has 0 aliphatic carbocycles. The largest absolute Gasteiger partial charge is 0.357 e. The van der Waals surface area contributed by atoms with Crippen LogP contribution in [0.3, 0.4) is 0 Å². The highest BCUT2D eigenvalue weighted by molar-refractivity contribution is 6.02. The molecule has 1 fully saturated rings. The Labute approximate surface area is 113 Å². The second-order valence-electron chi connectivity index (χ2n) is 4.14. The summed E-state index contributed by atoms with van der Waals surface area (Å²) in [5.74, 6) is -0.924. The number of nitrogens with zero attached hydrogens (tertiary/aromatic N) is 4. The second kappa shape index (κ2) is 5.07. The van der Waals surface area contributed by atoms with Crippen molar-refractivity contribution in [3.8, 4) is 0 Å². The highest BCUT2D eigenvalue weighted by Crippen LogP contribution is 2.30. The minimum Gasteiger partial charge on any atom is -0.357 e. The number of aryl methyl sites for hydroxylation is 1. The molecule has 10 nitrogen and oxygen atoms in total. The molecule has 1 aliphatic heterocycles. The van der Waals surface area contributed by atoms with Gasteiger partial charge >= 0.3 is 5.69 Å². The fourth-order valence-corrected chi connectivity index (χ4v) is 1.88. The number of hydrogen-bond donors (Lipinski definition) is 2. The average molecular weight is 280 g/mol. The van der Waals surface area contributed by atoms with E-state index in [0.717, 1.165) is 0 Å². The topological polar surface area (TPSA) is 130 Å². The number of hydrogen-bond acceptors (Lipinski definition) is 8. The average Bonchev–Trinajstić information content (AvgIpc) is 2.35. The lowest BCUT2D eigenvalue weighted by Crippen LogP contribution is -2.52. The number of nitrogens with one attached hydrogen (secondary N) is 2. The quantitative estimate of drug-likeness (QED) is 0.418. The summed E-state index contributed by atoms with van der Waals surface area (Å²) in [7, 11) is 1.57. The van der Waals surface area contributed by atoms with Gasteiger partial charge in [0.25, 0.3) is 0 Å². The molecular formula is C10H12N6O4. The Hall–Kier alpha value is -2.78. The van der Waals surface area contributed by atoms with Crippen molar-refractivity contribution in [2.45, 2.75) is 6.92 Å². The molecule has 0 aromatic carbocycles. The maximum Gasteiger partial charge on any atom is 0.332 e. The van der Waals surface area contributed by atoms with Gasteiger partial charge in [-0.3, -0.25) is 25.0 Å². The van der Waals surface area contributed by atoms with Gasteiger partial charge in [0.1, 0.15) is 5.69 Å². The first-order valence-electron chi connectivity index (χ1n) is 5.70. The summed E-state index contributed by atoms with van der Waals surface area (Å²) in [6, 6.07) is 0. The van der Waals surface area contributed by atoms with Gasteiger partial charge < -0.3 is 10.2 Å². The van der Waals surface area contributed by atoms with Crippen molar-refractivity contribution < 1.29 is 14.5 Å². The second-order valence-corrected chi connectivity index (χ2v) is 4.14. The van der Waals surface area contributed by atoms with Gasteiger partial charge in [0.15, 0.2) is 0 Å². The summed E-state index contributed by atoms with van der Waals surface area (Å²) < 4.78 is 0. The first-order valence-corrected chi connectivity index (χ1v) is 5.70. The first-order chi connectivity index (χ1) is 9.42. The van der Waals surface area contributed by atoms with E-state index in [1.807, 2.05) is 0 Å². The van der Waals surface area contributed by atoms with Gasteiger partial charge in [0.2, 0.25) is 23.6 Å². The Morgan fingerprint density at radius 1 is 1.30 bits per heavy atom. The molecule has 1 saturated heterocycles. The van der Waals surface area contributed by atoms with Crippen LogP contribution in [0.5, 0.6) is 0 Å². The normalized spacial score (nSPS) is 15.0.